The van der Waals surface area contributed by atoms with Crippen molar-refractivity contribution in [2.24, 2.45) is 46.3 Å². The van der Waals surface area contributed by atoms with Crippen LogP contribution in [0.25, 0.3) is 0 Å². The SMILES string of the molecule is C[C@@H]1[C@H]2C[C@@H](C[C@H]1NCCNCC1C[C@@H]3C[C@H](C1)C3(C)C)C2(C)C. The molecule has 6 saturated carbocycles. The topological polar surface area (TPSA) is 24.1 Å². The maximum atomic E-state index is 3.88. The molecule has 24 heavy (non-hydrogen) atoms. The summed E-state index contributed by atoms with van der Waals surface area (Å²) in [4.78, 5) is 0. The molecule has 6 rings (SSSR count). The number of nitrogens with one attached hydrogen (secondary N) is 2. The minimum Gasteiger partial charge on any atom is -0.315 e. The van der Waals surface area contributed by atoms with E-state index in [-0.39, 0.29) is 0 Å². The van der Waals surface area contributed by atoms with Crippen molar-refractivity contribution >= 4 is 0 Å². The maximum absolute atomic E-state index is 3.88. The van der Waals surface area contributed by atoms with Gasteiger partial charge < -0.3 is 10.6 Å². The van der Waals surface area contributed by atoms with E-state index in [1.807, 2.05) is 0 Å². The first-order valence-electron chi connectivity index (χ1n) is 10.7. The summed E-state index contributed by atoms with van der Waals surface area (Å²) in [7, 11) is 0. The molecule has 2 N–H and O–H groups in total. The van der Waals surface area contributed by atoms with Gasteiger partial charge in [0.05, 0.1) is 0 Å². The fourth-order valence-electron chi connectivity index (χ4n) is 7.06. The molecule has 0 aromatic heterocycles. The van der Waals surface area contributed by atoms with Crippen molar-refractivity contribution in [2.45, 2.75) is 72.8 Å². The van der Waals surface area contributed by atoms with Crippen molar-refractivity contribution in [2.75, 3.05) is 19.6 Å². The Bertz CT molecular complexity index is 455. The highest BCUT2D eigenvalue weighted by Crippen LogP contribution is 2.61. The average molecular weight is 333 g/mol. The van der Waals surface area contributed by atoms with E-state index in [9.17, 15) is 0 Å². The van der Waals surface area contributed by atoms with Crippen molar-refractivity contribution < 1.29 is 0 Å². The molecule has 0 aromatic carbocycles. The number of rotatable bonds is 6. The van der Waals surface area contributed by atoms with E-state index in [1.165, 1.54) is 38.6 Å². The Balaban J connectivity index is 1.12. The minimum atomic E-state index is 0.617. The van der Waals surface area contributed by atoms with E-state index in [0.29, 0.717) is 10.8 Å². The van der Waals surface area contributed by atoms with Crippen molar-refractivity contribution in [3.05, 3.63) is 0 Å². The van der Waals surface area contributed by atoms with E-state index in [0.717, 1.165) is 54.6 Å². The first-order chi connectivity index (χ1) is 11.3. The zero-order valence-corrected chi connectivity index (χ0v) is 16.7. The van der Waals surface area contributed by atoms with Crippen LogP contribution in [0.2, 0.25) is 0 Å². The van der Waals surface area contributed by atoms with Gasteiger partial charge in [0, 0.05) is 19.1 Å². The molecular weight excluding hydrogens is 292 g/mol. The largest absolute Gasteiger partial charge is 0.315 e. The van der Waals surface area contributed by atoms with Crippen LogP contribution in [0.15, 0.2) is 0 Å². The highest BCUT2D eigenvalue weighted by atomic mass is 15.0. The van der Waals surface area contributed by atoms with Gasteiger partial charge in [0.2, 0.25) is 0 Å². The predicted molar refractivity (Wildman–Crippen MR) is 102 cm³/mol. The van der Waals surface area contributed by atoms with Crippen molar-refractivity contribution in [1.82, 2.24) is 10.6 Å². The summed E-state index contributed by atoms with van der Waals surface area (Å²) in [5, 5.41) is 7.63. The Morgan fingerprint density at radius 2 is 1.46 bits per heavy atom. The van der Waals surface area contributed by atoms with E-state index in [1.54, 1.807) is 0 Å². The summed E-state index contributed by atoms with van der Waals surface area (Å²) in [6.45, 7) is 16.0. The molecule has 6 aliphatic rings. The Morgan fingerprint density at radius 1 is 0.792 bits per heavy atom. The highest BCUT2D eigenvalue weighted by Gasteiger charge is 2.56. The predicted octanol–water partition coefficient (Wildman–Crippen LogP) is 4.31. The van der Waals surface area contributed by atoms with E-state index in [2.05, 4.69) is 45.3 Å². The second kappa shape index (κ2) is 5.98. The van der Waals surface area contributed by atoms with Gasteiger partial charge in [0.25, 0.3) is 0 Å². The molecule has 0 heterocycles. The molecule has 0 saturated heterocycles. The molecule has 0 amide bonds. The Hall–Kier alpha value is -0.0800. The molecule has 6 aliphatic carbocycles. The van der Waals surface area contributed by atoms with E-state index >= 15 is 0 Å². The summed E-state index contributed by atoms with van der Waals surface area (Å²) in [5.41, 5.74) is 1.27. The molecule has 0 spiro atoms. The monoisotopic (exact) mass is 332 g/mol. The van der Waals surface area contributed by atoms with Crippen molar-refractivity contribution in [3.8, 4) is 0 Å². The van der Waals surface area contributed by atoms with Gasteiger partial charge in [-0.15, -0.1) is 0 Å². The summed E-state index contributed by atoms with van der Waals surface area (Å²) in [6.07, 6.45) is 7.37. The van der Waals surface area contributed by atoms with Crippen LogP contribution in [-0.4, -0.2) is 25.7 Å². The van der Waals surface area contributed by atoms with Crippen LogP contribution < -0.4 is 10.6 Å². The molecule has 2 nitrogen and oxygen atoms in total. The molecule has 4 bridgehead atoms. The lowest BCUT2D eigenvalue weighted by Crippen LogP contribution is -2.60. The van der Waals surface area contributed by atoms with Gasteiger partial charge in [-0.3, -0.25) is 0 Å². The molecule has 1 unspecified atom stereocenters. The molecular formula is C22H40N2. The second-order valence-corrected chi connectivity index (χ2v) is 11.0. The quantitative estimate of drug-likeness (QED) is 0.708. The zero-order valence-electron chi connectivity index (χ0n) is 16.7. The number of fused-ring (bicyclic) bond motifs is 4. The van der Waals surface area contributed by atoms with E-state index < -0.39 is 0 Å². The van der Waals surface area contributed by atoms with Crippen LogP contribution in [0.3, 0.4) is 0 Å². The van der Waals surface area contributed by atoms with E-state index in [4.69, 9.17) is 0 Å². The Kier molecular flexibility index (Phi) is 4.32. The summed E-state index contributed by atoms with van der Waals surface area (Å²) < 4.78 is 0. The molecule has 2 heteroatoms. The number of hydrogen-bond donors (Lipinski definition) is 2. The van der Waals surface area contributed by atoms with Crippen LogP contribution >= 0.6 is 0 Å². The first kappa shape index (κ1) is 17.3. The van der Waals surface area contributed by atoms with Gasteiger partial charge in [-0.05, 0) is 85.0 Å². The third-order valence-corrected chi connectivity index (χ3v) is 9.40. The molecule has 6 fully saturated rings. The number of hydrogen-bond acceptors (Lipinski definition) is 2. The van der Waals surface area contributed by atoms with Crippen LogP contribution in [-0.2, 0) is 0 Å². The van der Waals surface area contributed by atoms with Gasteiger partial charge in [0.1, 0.15) is 0 Å². The maximum Gasteiger partial charge on any atom is 0.00989 e. The summed E-state index contributed by atoms with van der Waals surface area (Å²) in [6, 6.07) is 0.770. The van der Waals surface area contributed by atoms with Crippen LogP contribution in [0.4, 0.5) is 0 Å². The highest BCUT2D eigenvalue weighted by molar-refractivity contribution is 5.07. The summed E-state index contributed by atoms with van der Waals surface area (Å²) >= 11 is 0. The first-order valence-corrected chi connectivity index (χ1v) is 10.7. The van der Waals surface area contributed by atoms with Crippen LogP contribution in [0.1, 0.15) is 66.7 Å². The van der Waals surface area contributed by atoms with Gasteiger partial charge in [-0.2, -0.15) is 0 Å². The smallest absolute Gasteiger partial charge is 0.00989 e. The minimum absolute atomic E-state index is 0.617. The van der Waals surface area contributed by atoms with Crippen molar-refractivity contribution in [1.29, 1.82) is 0 Å². The summed E-state index contributed by atoms with van der Waals surface area (Å²) in [5.74, 6) is 5.76. The molecule has 138 valence electrons. The molecule has 0 radical (unpaired) electrons. The van der Waals surface area contributed by atoms with Crippen LogP contribution in [0.5, 0.6) is 0 Å². The van der Waals surface area contributed by atoms with Gasteiger partial charge >= 0.3 is 0 Å². The van der Waals surface area contributed by atoms with Crippen LogP contribution in [0, 0.1) is 46.3 Å². The van der Waals surface area contributed by atoms with Gasteiger partial charge in [0.15, 0.2) is 0 Å². The fourth-order valence-corrected chi connectivity index (χ4v) is 7.06. The lowest BCUT2D eigenvalue weighted by atomic mass is 9.45. The second-order valence-electron chi connectivity index (χ2n) is 11.0. The molecule has 0 aromatic rings. The average Bonchev–Trinajstić information content (AvgIpc) is 2.55. The lowest BCUT2D eigenvalue weighted by Gasteiger charge is -2.62. The zero-order chi connectivity index (χ0) is 17.1. The normalized spacial score (nSPS) is 47.6. The Morgan fingerprint density at radius 3 is 2.04 bits per heavy atom. The van der Waals surface area contributed by atoms with Gasteiger partial charge in [-0.25, -0.2) is 0 Å². The molecule has 7 atom stereocenters. The molecule has 0 aliphatic heterocycles. The lowest BCUT2D eigenvalue weighted by molar-refractivity contribution is -0.114. The van der Waals surface area contributed by atoms with Crippen molar-refractivity contribution in [3.63, 3.8) is 0 Å². The third kappa shape index (κ3) is 2.67. The van der Waals surface area contributed by atoms with Gasteiger partial charge in [-0.1, -0.05) is 34.6 Å². The third-order valence-electron chi connectivity index (χ3n) is 9.40. The fraction of sp³-hybridized carbons (Fsp3) is 1.00. The Labute approximate surface area is 149 Å². The standard InChI is InChI=1S/C22H40N2/c1-14-19-11-18(22(19,4)5)12-20(14)24-7-6-23-13-15-8-16-10-17(9-15)21(16,2)3/h14-20,23-24H,6-13H2,1-5H3/t14-,15?,16-,17+,18+,19-,20-/m1/s1.